The zero-order valence-electron chi connectivity index (χ0n) is 15.9. The molecule has 2 aromatic rings. The number of fused-ring (bicyclic) bond motifs is 1. The van der Waals surface area contributed by atoms with Gasteiger partial charge in [0, 0.05) is 49.9 Å². The van der Waals surface area contributed by atoms with Crippen LogP contribution in [0.3, 0.4) is 0 Å². The number of benzene rings is 2. The molecular formula is C21H24FN3O2S. The number of methoxy groups -OCH3 is 1. The molecule has 2 heterocycles. The maximum Gasteiger partial charge on any atom is 0.182 e. The van der Waals surface area contributed by atoms with Gasteiger partial charge in [0.2, 0.25) is 0 Å². The Morgan fingerprint density at radius 3 is 2.50 bits per heavy atom. The van der Waals surface area contributed by atoms with Gasteiger partial charge in [-0.2, -0.15) is 0 Å². The van der Waals surface area contributed by atoms with E-state index in [1.807, 2.05) is 30.3 Å². The topological polar surface area (TPSA) is 36.0 Å². The lowest BCUT2D eigenvalue weighted by atomic mass is 10.1. The zero-order valence-corrected chi connectivity index (χ0v) is 16.8. The highest BCUT2D eigenvalue weighted by molar-refractivity contribution is 7.97. The molecule has 28 heavy (non-hydrogen) atoms. The van der Waals surface area contributed by atoms with Crippen LogP contribution in [0.15, 0.2) is 47.4 Å². The Balaban J connectivity index is 1.29. The van der Waals surface area contributed by atoms with E-state index < -0.39 is 0 Å². The van der Waals surface area contributed by atoms with Crippen LogP contribution in [0.2, 0.25) is 0 Å². The Hall–Kier alpha value is -2.09. The molecule has 0 aromatic heterocycles. The molecule has 2 aliphatic rings. The Morgan fingerprint density at radius 1 is 1.04 bits per heavy atom. The minimum atomic E-state index is -0.199. The highest BCUT2D eigenvalue weighted by Crippen LogP contribution is 2.36. The Bertz CT molecular complexity index is 838. The molecule has 0 aliphatic carbocycles. The molecule has 1 fully saturated rings. The van der Waals surface area contributed by atoms with E-state index in [4.69, 9.17) is 4.74 Å². The number of rotatable bonds is 5. The summed E-state index contributed by atoms with van der Waals surface area (Å²) < 4.78 is 20.6. The molecule has 0 unspecified atom stereocenters. The van der Waals surface area contributed by atoms with Crippen LogP contribution >= 0.6 is 11.9 Å². The van der Waals surface area contributed by atoms with Gasteiger partial charge in [-0.25, -0.2) is 8.70 Å². The van der Waals surface area contributed by atoms with Crippen molar-refractivity contribution in [3.63, 3.8) is 0 Å². The Labute approximate surface area is 169 Å². The van der Waals surface area contributed by atoms with E-state index in [-0.39, 0.29) is 11.6 Å². The summed E-state index contributed by atoms with van der Waals surface area (Å²) in [5.74, 6) is 0.578. The second kappa shape index (κ2) is 8.51. The van der Waals surface area contributed by atoms with Crippen LogP contribution in [-0.4, -0.2) is 67.9 Å². The number of anilines is 1. The van der Waals surface area contributed by atoms with Crippen molar-refractivity contribution in [3.8, 4) is 5.75 Å². The summed E-state index contributed by atoms with van der Waals surface area (Å²) in [6.45, 7) is 5.96. The summed E-state index contributed by atoms with van der Waals surface area (Å²) in [5.41, 5.74) is 1.78. The Morgan fingerprint density at radius 2 is 1.79 bits per heavy atom. The molecule has 0 amide bonds. The molecule has 1 saturated heterocycles. The van der Waals surface area contributed by atoms with Crippen LogP contribution in [0.1, 0.15) is 10.4 Å². The first-order valence-electron chi connectivity index (χ1n) is 9.50. The van der Waals surface area contributed by atoms with Crippen molar-refractivity contribution in [1.82, 2.24) is 9.21 Å². The van der Waals surface area contributed by atoms with Crippen LogP contribution in [0.5, 0.6) is 5.75 Å². The molecule has 148 valence electrons. The first kappa shape index (κ1) is 19.2. The molecule has 2 aromatic carbocycles. The maximum absolute atomic E-state index is 13.1. The minimum absolute atomic E-state index is 0.118. The normalized spacial score (nSPS) is 18.2. The SMILES string of the molecule is COc1cccc2c1C(=O)CN(CCN1CCN(c3ccc(F)cc3)CC1)S2. The van der Waals surface area contributed by atoms with Crippen molar-refractivity contribution >= 4 is 23.4 Å². The second-order valence-electron chi connectivity index (χ2n) is 7.02. The third-order valence-corrected chi connectivity index (χ3v) is 6.37. The number of ketones is 1. The summed E-state index contributed by atoms with van der Waals surface area (Å²) in [7, 11) is 1.60. The van der Waals surface area contributed by atoms with Gasteiger partial charge in [-0.3, -0.25) is 9.69 Å². The van der Waals surface area contributed by atoms with E-state index in [0.29, 0.717) is 17.9 Å². The molecule has 0 atom stereocenters. The summed E-state index contributed by atoms with van der Waals surface area (Å²) >= 11 is 1.64. The highest BCUT2D eigenvalue weighted by atomic mass is 32.2. The van der Waals surface area contributed by atoms with E-state index in [1.165, 1.54) is 12.1 Å². The number of hydrogen-bond acceptors (Lipinski definition) is 6. The molecule has 2 aliphatic heterocycles. The summed E-state index contributed by atoms with van der Waals surface area (Å²) in [5, 5.41) is 0. The number of ether oxygens (including phenoxy) is 1. The van der Waals surface area contributed by atoms with Crippen molar-refractivity contribution in [2.75, 3.05) is 57.8 Å². The summed E-state index contributed by atoms with van der Waals surface area (Å²) in [4.78, 5) is 18.2. The fraction of sp³-hybridized carbons (Fsp3) is 0.381. The lowest BCUT2D eigenvalue weighted by Crippen LogP contribution is -2.48. The third-order valence-electron chi connectivity index (χ3n) is 5.26. The molecule has 0 N–H and O–H groups in total. The van der Waals surface area contributed by atoms with Crippen LogP contribution in [0.4, 0.5) is 10.1 Å². The van der Waals surface area contributed by atoms with Crippen molar-refractivity contribution in [2.24, 2.45) is 0 Å². The van der Waals surface area contributed by atoms with Gasteiger partial charge in [0.15, 0.2) is 5.78 Å². The fourth-order valence-corrected chi connectivity index (χ4v) is 4.78. The van der Waals surface area contributed by atoms with Crippen molar-refractivity contribution in [2.45, 2.75) is 4.90 Å². The van der Waals surface area contributed by atoms with Crippen molar-refractivity contribution in [1.29, 1.82) is 0 Å². The van der Waals surface area contributed by atoms with Gasteiger partial charge in [0.1, 0.15) is 11.6 Å². The van der Waals surface area contributed by atoms with E-state index >= 15 is 0 Å². The fourth-order valence-electron chi connectivity index (χ4n) is 3.70. The van der Waals surface area contributed by atoms with Gasteiger partial charge in [-0.05, 0) is 48.3 Å². The van der Waals surface area contributed by atoms with Crippen molar-refractivity contribution in [3.05, 3.63) is 53.8 Å². The van der Waals surface area contributed by atoms with Crippen LogP contribution in [0, 0.1) is 5.82 Å². The van der Waals surface area contributed by atoms with Gasteiger partial charge in [-0.1, -0.05) is 6.07 Å². The Kier molecular flexibility index (Phi) is 5.85. The van der Waals surface area contributed by atoms with Gasteiger partial charge >= 0.3 is 0 Å². The molecular weight excluding hydrogens is 377 g/mol. The smallest absolute Gasteiger partial charge is 0.182 e. The first-order chi connectivity index (χ1) is 13.6. The van der Waals surface area contributed by atoms with Crippen LogP contribution in [0.25, 0.3) is 0 Å². The number of nitrogens with zero attached hydrogens (tertiary/aromatic N) is 3. The highest BCUT2D eigenvalue weighted by Gasteiger charge is 2.27. The number of halogens is 1. The third kappa shape index (κ3) is 4.16. The summed E-state index contributed by atoms with van der Waals surface area (Å²) in [6, 6.07) is 12.5. The van der Waals surface area contributed by atoms with Gasteiger partial charge in [0.25, 0.3) is 0 Å². The number of hydrogen-bond donors (Lipinski definition) is 0. The molecule has 4 rings (SSSR count). The standard InChI is InChI=1S/C21H24FN3O2S/c1-27-19-3-2-4-20-21(19)18(26)15-25(28-20)14-11-23-9-12-24(13-10-23)17-7-5-16(22)6-8-17/h2-8H,9-15H2,1H3. The van der Waals surface area contributed by atoms with E-state index in [9.17, 15) is 9.18 Å². The first-order valence-corrected chi connectivity index (χ1v) is 10.3. The minimum Gasteiger partial charge on any atom is -0.496 e. The average Bonchev–Trinajstić information content (AvgIpc) is 2.73. The van der Waals surface area contributed by atoms with Gasteiger partial charge in [-0.15, -0.1) is 0 Å². The van der Waals surface area contributed by atoms with Crippen molar-refractivity contribution < 1.29 is 13.9 Å². The predicted molar refractivity (Wildman–Crippen MR) is 110 cm³/mol. The van der Waals surface area contributed by atoms with Crippen LogP contribution < -0.4 is 9.64 Å². The predicted octanol–water partition coefficient (Wildman–Crippen LogP) is 3.16. The van der Waals surface area contributed by atoms with Gasteiger partial charge in [0.05, 0.1) is 19.2 Å². The van der Waals surface area contributed by atoms with Gasteiger partial charge < -0.3 is 9.64 Å². The molecule has 0 bridgehead atoms. The lowest BCUT2D eigenvalue weighted by molar-refractivity contribution is 0.0955. The monoisotopic (exact) mass is 401 g/mol. The molecule has 0 spiro atoms. The summed E-state index contributed by atoms with van der Waals surface area (Å²) in [6.07, 6.45) is 0. The lowest BCUT2D eigenvalue weighted by Gasteiger charge is -2.37. The second-order valence-corrected chi connectivity index (χ2v) is 8.16. The van der Waals surface area contributed by atoms with E-state index in [2.05, 4.69) is 14.1 Å². The quantitative estimate of drug-likeness (QED) is 0.717. The molecule has 5 nitrogen and oxygen atoms in total. The van der Waals surface area contributed by atoms with E-state index in [1.54, 1.807) is 19.1 Å². The van der Waals surface area contributed by atoms with E-state index in [0.717, 1.165) is 49.9 Å². The number of piperazine rings is 1. The average molecular weight is 402 g/mol. The molecule has 7 heteroatoms. The number of carbonyl (C=O) groups is 1. The van der Waals surface area contributed by atoms with Crippen LogP contribution in [-0.2, 0) is 0 Å². The zero-order chi connectivity index (χ0) is 19.5. The number of Topliss-reactive ketones (excluding diaryl/α,β-unsaturated/α-hetero) is 1. The molecule has 0 radical (unpaired) electrons. The largest absolute Gasteiger partial charge is 0.496 e. The molecule has 0 saturated carbocycles. The maximum atomic E-state index is 13.1. The number of carbonyl (C=O) groups excluding carboxylic acids is 1.